The predicted molar refractivity (Wildman–Crippen MR) is 79.7 cm³/mol. The maximum atomic E-state index is 13.0. The maximum absolute atomic E-state index is 13.0. The van der Waals surface area contributed by atoms with Crippen molar-refractivity contribution in [3.8, 4) is 0 Å². The zero-order valence-corrected chi connectivity index (χ0v) is 12.7. The van der Waals surface area contributed by atoms with Crippen LogP contribution in [0.2, 0.25) is 0 Å². The molecule has 0 unspecified atom stereocenters. The highest BCUT2D eigenvalue weighted by Crippen LogP contribution is 2.22. The molecule has 1 aromatic carbocycles. The number of methoxy groups -OCH3 is 1. The van der Waals surface area contributed by atoms with Crippen LogP contribution in [0.1, 0.15) is 24.0 Å². The van der Waals surface area contributed by atoms with Gasteiger partial charge in [-0.15, -0.1) is 0 Å². The molecule has 0 bridgehead atoms. The van der Waals surface area contributed by atoms with E-state index in [1.54, 1.807) is 13.2 Å². The van der Waals surface area contributed by atoms with E-state index >= 15 is 0 Å². The van der Waals surface area contributed by atoms with Crippen LogP contribution in [0, 0.1) is 12.7 Å². The van der Waals surface area contributed by atoms with Gasteiger partial charge in [0.2, 0.25) is 0 Å². The van der Waals surface area contributed by atoms with Gasteiger partial charge in [-0.2, -0.15) is 0 Å². The number of halogens is 1. The van der Waals surface area contributed by atoms with Crippen molar-refractivity contribution in [1.29, 1.82) is 0 Å². The molecule has 0 atom stereocenters. The molecular formula is C16H23FN2O2. The third kappa shape index (κ3) is 3.80. The summed E-state index contributed by atoms with van der Waals surface area (Å²) in [5, 5.41) is 6.18. The van der Waals surface area contributed by atoms with Crippen molar-refractivity contribution in [2.45, 2.75) is 31.8 Å². The van der Waals surface area contributed by atoms with Gasteiger partial charge in [0.25, 0.3) is 5.91 Å². The van der Waals surface area contributed by atoms with E-state index in [-0.39, 0.29) is 11.7 Å². The Morgan fingerprint density at radius 2 is 2.14 bits per heavy atom. The van der Waals surface area contributed by atoms with Gasteiger partial charge < -0.3 is 15.4 Å². The van der Waals surface area contributed by atoms with Crippen LogP contribution in [0.3, 0.4) is 0 Å². The summed E-state index contributed by atoms with van der Waals surface area (Å²) in [5.41, 5.74) is 1.25. The average Bonchev–Trinajstić information content (AvgIpc) is 2.50. The molecule has 0 aromatic heterocycles. The first kappa shape index (κ1) is 15.9. The number of piperidine rings is 1. The Morgan fingerprint density at radius 3 is 2.76 bits per heavy atom. The van der Waals surface area contributed by atoms with Gasteiger partial charge in [-0.25, -0.2) is 4.39 Å². The zero-order chi connectivity index (χ0) is 15.3. The van der Waals surface area contributed by atoms with Gasteiger partial charge in [0, 0.05) is 13.7 Å². The molecule has 1 aliphatic heterocycles. The standard InChI is InChI=1S/C16H23FN2O2/c1-12-11-14(17)4-3-13(12)5-8-19-15(20)16(21-2)6-9-18-10-7-16/h3-4,11,18H,5-10H2,1-2H3,(H,19,20). The highest BCUT2D eigenvalue weighted by Gasteiger charge is 2.39. The fourth-order valence-corrected chi connectivity index (χ4v) is 2.77. The predicted octanol–water partition coefficient (Wildman–Crippen LogP) is 1.56. The Labute approximate surface area is 125 Å². The molecule has 2 N–H and O–H groups in total. The molecule has 1 fully saturated rings. The van der Waals surface area contributed by atoms with Gasteiger partial charge in [-0.1, -0.05) is 6.07 Å². The number of carbonyl (C=O) groups is 1. The Balaban J connectivity index is 1.88. The first-order chi connectivity index (χ1) is 10.1. The van der Waals surface area contributed by atoms with Gasteiger partial charge in [-0.3, -0.25) is 4.79 Å². The number of benzene rings is 1. The molecule has 0 radical (unpaired) electrons. The Kier molecular flexibility index (Phi) is 5.31. The van der Waals surface area contributed by atoms with Crippen molar-refractivity contribution in [2.24, 2.45) is 0 Å². The Bertz CT molecular complexity index is 499. The van der Waals surface area contributed by atoms with Gasteiger partial charge >= 0.3 is 0 Å². The van der Waals surface area contributed by atoms with E-state index in [9.17, 15) is 9.18 Å². The van der Waals surface area contributed by atoms with Gasteiger partial charge in [-0.05, 0) is 62.5 Å². The van der Waals surface area contributed by atoms with E-state index in [0.717, 1.165) is 24.2 Å². The third-order valence-electron chi connectivity index (χ3n) is 4.20. The summed E-state index contributed by atoms with van der Waals surface area (Å²) in [6.07, 6.45) is 2.06. The van der Waals surface area contributed by atoms with E-state index in [1.807, 2.05) is 6.92 Å². The van der Waals surface area contributed by atoms with Crippen molar-refractivity contribution < 1.29 is 13.9 Å². The van der Waals surface area contributed by atoms with Gasteiger partial charge in [0.1, 0.15) is 11.4 Å². The van der Waals surface area contributed by atoms with Crippen LogP contribution >= 0.6 is 0 Å². The number of nitrogens with one attached hydrogen (secondary N) is 2. The monoisotopic (exact) mass is 294 g/mol. The first-order valence-corrected chi connectivity index (χ1v) is 7.36. The zero-order valence-electron chi connectivity index (χ0n) is 12.7. The van der Waals surface area contributed by atoms with Crippen molar-refractivity contribution in [1.82, 2.24) is 10.6 Å². The topological polar surface area (TPSA) is 50.4 Å². The lowest BCUT2D eigenvalue weighted by Gasteiger charge is -2.34. The number of ether oxygens (including phenoxy) is 1. The molecule has 4 nitrogen and oxygen atoms in total. The molecule has 1 aliphatic rings. The van der Waals surface area contributed by atoms with Gasteiger partial charge in [0.15, 0.2) is 0 Å². The van der Waals surface area contributed by atoms with Crippen LogP contribution < -0.4 is 10.6 Å². The van der Waals surface area contributed by atoms with E-state index in [2.05, 4.69) is 10.6 Å². The minimum Gasteiger partial charge on any atom is -0.368 e. The molecule has 5 heteroatoms. The summed E-state index contributed by atoms with van der Waals surface area (Å²) in [4.78, 5) is 12.4. The number of hydrogen-bond acceptors (Lipinski definition) is 3. The summed E-state index contributed by atoms with van der Waals surface area (Å²) in [5.74, 6) is -0.278. The van der Waals surface area contributed by atoms with E-state index in [0.29, 0.717) is 25.8 Å². The fourth-order valence-electron chi connectivity index (χ4n) is 2.77. The molecule has 0 saturated carbocycles. The Hall–Kier alpha value is -1.46. The molecule has 0 spiro atoms. The molecule has 21 heavy (non-hydrogen) atoms. The Morgan fingerprint density at radius 1 is 1.43 bits per heavy atom. The van der Waals surface area contributed by atoms with Crippen LogP contribution in [-0.4, -0.2) is 38.3 Å². The van der Waals surface area contributed by atoms with Crippen molar-refractivity contribution in [3.63, 3.8) is 0 Å². The van der Waals surface area contributed by atoms with Crippen LogP contribution in [0.15, 0.2) is 18.2 Å². The SMILES string of the molecule is COC1(C(=O)NCCc2ccc(F)cc2C)CCNCC1. The lowest BCUT2D eigenvalue weighted by atomic mass is 9.91. The summed E-state index contributed by atoms with van der Waals surface area (Å²) < 4.78 is 18.5. The van der Waals surface area contributed by atoms with Crippen molar-refractivity contribution in [3.05, 3.63) is 35.1 Å². The van der Waals surface area contributed by atoms with Crippen LogP contribution in [0.4, 0.5) is 4.39 Å². The van der Waals surface area contributed by atoms with E-state index in [1.165, 1.54) is 12.1 Å². The smallest absolute Gasteiger partial charge is 0.252 e. The third-order valence-corrected chi connectivity index (χ3v) is 4.20. The minimum absolute atomic E-state index is 0.0498. The lowest BCUT2D eigenvalue weighted by Crippen LogP contribution is -2.54. The quantitative estimate of drug-likeness (QED) is 0.866. The summed E-state index contributed by atoms with van der Waals surface area (Å²) in [6.45, 7) is 3.99. The second-order valence-corrected chi connectivity index (χ2v) is 5.53. The minimum atomic E-state index is -0.705. The number of hydrogen-bond donors (Lipinski definition) is 2. The second-order valence-electron chi connectivity index (χ2n) is 5.53. The molecule has 1 heterocycles. The van der Waals surface area contributed by atoms with Crippen molar-refractivity contribution >= 4 is 5.91 Å². The molecule has 1 saturated heterocycles. The second kappa shape index (κ2) is 7.00. The fraction of sp³-hybridized carbons (Fsp3) is 0.562. The summed E-state index contributed by atoms with van der Waals surface area (Å²) in [7, 11) is 1.59. The summed E-state index contributed by atoms with van der Waals surface area (Å²) in [6, 6.07) is 4.74. The van der Waals surface area contributed by atoms with Crippen LogP contribution in [-0.2, 0) is 16.0 Å². The number of rotatable bonds is 5. The van der Waals surface area contributed by atoms with Crippen LogP contribution in [0.5, 0.6) is 0 Å². The highest BCUT2D eigenvalue weighted by atomic mass is 19.1. The molecule has 1 amide bonds. The molecule has 0 aliphatic carbocycles. The van der Waals surface area contributed by atoms with Crippen LogP contribution in [0.25, 0.3) is 0 Å². The maximum Gasteiger partial charge on any atom is 0.252 e. The lowest BCUT2D eigenvalue weighted by molar-refractivity contribution is -0.146. The van der Waals surface area contributed by atoms with E-state index in [4.69, 9.17) is 4.74 Å². The number of aryl methyl sites for hydroxylation is 1. The van der Waals surface area contributed by atoms with Gasteiger partial charge in [0.05, 0.1) is 0 Å². The van der Waals surface area contributed by atoms with E-state index < -0.39 is 5.60 Å². The number of amides is 1. The average molecular weight is 294 g/mol. The molecule has 1 aromatic rings. The number of carbonyl (C=O) groups excluding carboxylic acids is 1. The highest BCUT2D eigenvalue weighted by molar-refractivity contribution is 5.85. The first-order valence-electron chi connectivity index (χ1n) is 7.36. The molecular weight excluding hydrogens is 271 g/mol. The largest absolute Gasteiger partial charge is 0.368 e. The molecule has 116 valence electrons. The van der Waals surface area contributed by atoms with Crippen molar-refractivity contribution in [2.75, 3.05) is 26.7 Å². The summed E-state index contributed by atoms with van der Waals surface area (Å²) >= 11 is 0. The molecule has 2 rings (SSSR count). The normalized spacial score (nSPS) is 17.5.